The number of rotatable bonds is 3. The molecule has 0 N–H and O–H groups in total. The number of hydrogen-bond acceptors (Lipinski definition) is 3. The smallest absolute Gasteiger partial charge is 0.124 e. The van der Waals surface area contributed by atoms with E-state index in [1.165, 1.54) is 68.5 Å². The highest BCUT2D eigenvalue weighted by Gasteiger charge is 2.22. The van der Waals surface area contributed by atoms with Crippen molar-refractivity contribution in [3.63, 3.8) is 0 Å². The van der Waals surface area contributed by atoms with E-state index in [-0.39, 0.29) is 0 Å². The zero-order chi connectivity index (χ0) is 31.3. The van der Waals surface area contributed by atoms with Gasteiger partial charge in [0.05, 0.1) is 38.1 Å². The topological polar surface area (TPSA) is 22.8 Å². The molecule has 0 saturated heterocycles. The highest BCUT2D eigenvalue weighted by atomic mass is 32.1. The fourth-order valence-corrected chi connectivity index (χ4v) is 9.86. The molecule has 0 amide bonds. The minimum atomic E-state index is 1.01. The molecule has 0 saturated carbocycles. The summed E-state index contributed by atoms with van der Waals surface area (Å²) in [6.45, 7) is 0. The van der Waals surface area contributed by atoms with Crippen LogP contribution in [0.4, 0.5) is 0 Å². The standard InChI is InChI=1S/C43H25N3S2/c1-6-16-33-27(11-1)28-12-2-7-17-34(28)45(33)37-22-23-38(46-35-18-8-3-13-29(35)30-14-4-9-19-36(30)46)42-41(37)44-43(48-42)26-21-24-40-32(25-26)31-15-5-10-20-39(31)47-40/h1-25H. The summed E-state index contributed by atoms with van der Waals surface area (Å²) in [6, 6.07) is 55.1. The summed E-state index contributed by atoms with van der Waals surface area (Å²) in [5, 5.41) is 8.63. The molecule has 0 aliphatic heterocycles. The summed E-state index contributed by atoms with van der Waals surface area (Å²) in [6.07, 6.45) is 0. The predicted molar refractivity (Wildman–Crippen MR) is 207 cm³/mol. The fourth-order valence-electron chi connectivity index (χ4n) is 7.68. The number of benzene rings is 7. The van der Waals surface area contributed by atoms with Gasteiger partial charge in [0, 0.05) is 47.3 Å². The van der Waals surface area contributed by atoms with Gasteiger partial charge in [-0.3, -0.25) is 0 Å². The molecule has 11 rings (SSSR count). The average molecular weight is 648 g/mol. The van der Waals surface area contributed by atoms with Gasteiger partial charge in [0.1, 0.15) is 10.5 Å². The summed E-state index contributed by atoms with van der Waals surface area (Å²) in [5.74, 6) is 0. The molecule has 0 atom stereocenters. The van der Waals surface area contributed by atoms with Crippen LogP contribution in [-0.4, -0.2) is 14.1 Å². The molecule has 0 spiro atoms. The van der Waals surface area contributed by atoms with Crippen LogP contribution < -0.4 is 0 Å². The van der Waals surface area contributed by atoms with E-state index in [9.17, 15) is 0 Å². The molecule has 0 unspecified atom stereocenters. The molecule has 0 radical (unpaired) electrons. The molecule has 48 heavy (non-hydrogen) atoms. The maximum absolute atomic E-state index is 5.54. The fraction of sp³-hybridized carbons (Fsp3) is 0. The quantitative estimate of drug-likeness (QED) is 0.187. The highest BCUT2D eigenvalue weighted by Crippen LogP contribution is 2.44. The maximum Gasteiger partial charge on any atom is 0.124 e. The van der Waals surface area contributed by atoms with E-state index < -0.39 is 0 Å². The molecule has 7 aromatic carbocycles. The Balaban J connectivity index is 1.25. The second-order valence-electron chi connectivity index (χ2n) is 12.3. The molecule has 0 bridgehead atoms. The van der Waals surface area contributed by atoms with Gasteiger partial charge < -0.3 is 9.13 Å². The Labute approximate surface area is 283 Å². The van der Waals surface area contributed by atoms with Crippen LogP contribution in [0.25, 0.3) is 95.9 Å². The molecule has 0 fully saturated rings. The Bertz CT molecular complexity index is 2820. The Morgan fingerprint density at radius 3 is 1.48 bits per heavy atom. The van der Waals surface area contributed by atoms with Gasteiger partial charge in [-0.05, 0) is 54.6 Å². The van der Waals surface area contributed by atoms with Crippen molar-refractivity contribution in [2.75, 3.05) is 0 Å². The van der Waals surface area contributed by atoms with Gasteiger partial charge in [0.15, 0.2) is 0 Å². The molecule has 4 aromatic heterocycles. The van der Waals surface area contributed by atoms with Crippen LogP contribution in [0.3, 0.4) is 0 Å². The first kappa shape index (κ1) is 26.3. The zero-order valence-electron chi connectivity index (χ0n) is 25.6. The summed E-state index contributed by atoms with van der Waals surface area (Å²) < 4.78 is 8.63. The number of nitrogens with zero attached hydrogens (tertiary/aromatic N) is 3. The van der Waals surface area contributed by atoms with Crippen molar-refractivity contribution < 1.29 is 0 Å². The first-order chi connectivity index (χ1) is 23.8. The van der Waals surface area contributed by atoms with Gasteiger partial charge in [-0.25, -0.2) is 4.98 Å². The number of thiazole rings is 1. The first-order valence-corrected chi connectivity index (χ1v) is 17.8. The lowest BCUT2D eigenvalue weighted by molar-refractivity contribution is 1.16. The summed E-state index contributed by atoms with van der Waals surface area (Å²) in [5.41, 5.74) is 9.17. The maximum atomic E-state index is 5.54. The predicted octanol–water partition coefficient (Wildman–Crippen LogP) is 12.5. The van der Waals surface area contributed by atoms with E-state index >= 15 is 0 Å². The lowest BCUT2D eigenvalue weighted by Gasteiger charge is -2.13. The molecular weight excluding hydrogens is 623 g/mol. The van der Waals surface area contributed by atoms with E-state index in [0.29, 0.717) is 0 Å². The summed E-state index contributed by atoms with van der Waals surface area (Å²) in [7, 11) is 0. The lowest BCUT2D eigenvalue weighted by Crippen LogP contribution is -1.99. The highest BCUT2D eigenvalue weighted by molar-refractivity contribution is 7.26. The van der Waals surface area contributed by atoms with Gasteiger partial charge in [-0.2, -0.15) is 0 Å². The van der Waals surface area contributed by atoms with Crippen molar-refractivity contribution in [3.8, 4) is 21.9 Å². The second kappa shape index (κ2) is 9.88. The molecule has 0 aliphatic carbocycles. The minimum Gasteiger partial charge on any atom is -0.308 e. The monoisotopic (exact) mass is 647 g/mol. The molecule has 4 heterocycles. The SMILES string of the molecule is c1ccc2c(c1)sc1ccc(-c3nc4c(-n5c6ccccc6c6ccccc65)ccc(-n5c6ccccc6c6ccccc65)c4s3)cc12. The van der Waals surface area contributed by atoms with E-state index in [2.05, 4.69) is 161 Å². The van der Waals surface area contributed by atoms with E-state index in [1.807, 2.05) is 11.3 Å². The first-order valence-electron chi connectivity index (χ1n) is 16.1. The Hall–Kier alpha value is -5.75. The number of para-hydroxylation sites is 4. The van der Waals surface area contributed by atoms with Crippen molar-refractivity contribution in [3.05, 3.63) is 152 Å². The molecule has 224 valence electrons. The van der Waals surface area contributed by atoms with Crippen molar-refractivity contribution in [1.82, 2.24) is 14.1 Å². The third-order valence-corrected chi connectivity index (χ3v) is 12.0. The number of fused-ring (bicyclic) bond motifs is 10. The van der Waals surface area contributed by atoms with Gasteiger partial charge in [0.25, 0.3) is 0 Å². The third kappa shape index (κ3) is 3.60. The number of hydrogen-bond donors (Lipinski definition) is 0. The Morgan fingerprint density at radius 1 is 0.396 bits per heavy atom. The number of thiophene rings is 1. The normalized spacial score (nSPS) is 12.2. The Morgan fingerprint density at radius 2 is 0.875 bits per heavy atom. The van der Waals surface area contributed by atoms with E-state index in [0.717, 1.165) is 27.5 Å². The van der Waals surface area contributed by atoms with Gasteiger partial charge in [-0.15, -0.1) is 22.7 Å². The zero-order valence-corrected chi connectivity index (χ0v) is 27.2. The van der Waals surface area contributed by atoms with Gasteiger partial charge in [-0.1, -0.05) is 97.1 Å². The van der Waals surface area contributed by atoms with Crippen molar-refractivity contribution in [1.29, 1.82) is 0 Å². The van der Waals surface area contributed by atoms with Crippen LogP contribution in [-0.2, 0) is 0 Å². The van der Waals surface area contributed by atoms with Crippen LogP contribution in [0, 0.1) is 0 Å². The lowest BCUT2D eigenvalue weighted by atomic mass is 10.1. The van der Waals surface area contributed by atoms with Gasteiger partial charge in [0.2, 0.25) is 0 Å². The average Bonchev–Trinajstić information content (AvgIpc) is 3.91. The molecule has 0 aliphatic rings. The van der Waals surface area contributed by atoms with E-state index in [1.54, 1.807) is 11.3 Å². The van der Waals surface area contributed by atoms with E-state index in [4.69, 9.17) is 4.98 Å². The van der Waals surface area contributed by atoms with Crippen LogP contribution in [0.2, 0.25) is 0 Å². The molecule has 5 heteroatoms. The summed E-state index contributed by atoms with van der Waals surface area (Å²) in [4.78, 5) is 5.54. The largest absolute Gasteiger partial charge is 0.308 e. The van der Waals surface area contributed by atoms with Crippen LogP contribution in [0.1, 0.15) is 0 Å². The van der Waals surface area contributed by atoms with Crippen molar-refractivity contribution in [2.45, 2.75) is 0 Å². The second-order valence-corrected chi connectivity index (χ2v) is 14.4. The van der Waals surface area contributed by atoms with Crippen LogP contribution >= 0.6 is 22.7 Å². The minimum absolute atomic E-state index is 1.01. The van der Waals surface area contributed by atoms with Crippen LogP contribution in [0.15, 0.2) is 152 Å². The molecule has 3 nitrogen and oxygen atoms in total. The van der Waals surface area contributed by atoms with Gasteiger partial charge >= 0.3 is 0 Å². The molecule has 11 aromatic rings. The molecular formula is C43H25N3S2. The summed E-state index contributed by atoms with van der Waals surface area (Å²) >= 11 is 3.64. The third-order valence-electron chi connectivity index (χ3n) is 9.77. The van der Waals surface area contributed by atoms with Crippen molar-refractivity contribution in [2.24, 2.45) is 0 Å². The van der Waals surface area contributed by atoms with Crippen LogP contribution in [0.5, 0.6) is 0 Å². The number of aromatic nitrogens is 3. The Kier molecular flexibility index (Phi) is 5.42. The van der Waals surface area contributed by atoms with Crippen molar-refractivity contribution >= 4 is 96.7 Å².